The number of amides is 2. The average molecular weight is 535 g/mol. The molecule has 0 aliphatic heterocycles. The Morgan fingerprint density at radius 1 is 1.13 bits per heavy atom. The summed E-state index contributed by atoms with van der Waals surface area (Å²) in [7, 11) is 1.38. The molecule has 3 aromatic carbocycles. The SMILES string of the molecule is COc1cc(/C=C(/C#N)C(=O)Nc2cccc([N+](=O)[O-])c2)cc(Cl)c1OCC(=O)Nc1cccc(C)c1C. The number of hydrogen-bond acceptors (Lipinski definition) is 7. The fraction of sp³-hybridized carbons (Fsp3) is 0.148. The minimum absolute atomic E-state index is 0.0894. The van der Waals surface area contributed by atoms with Crippen LogP contribution in [0, 0.1) is 35.3 Å². The number of nitro groups is 1. The monoisotopic (exact) mass is 534 g/mol. The molecule has 10 nitrogen and oxygen atoms in total. The average Bonchev–Trinajstić information content (AvgIpc) is 2.89. The van der Waals surface area contributed by atoms with Crippen LogP contribution in [0.1, 0.15) is 16.7 Å². The van der Waals surface area contributed by atoms with Crippen molar-refractivity contribution in [2.24, 2.45) is 0 Å². The third-order valence-electron chi connectivity index (χ3n) is 5.47. The molecule has 0 aromatic heterocycles. The summed E-state index contributed by atoms with van der Waals surface area (Å²) < 4.78 is 11.0. The molecule has 0 aliphatic carbocycles. The molecule has 0 fully saturated rings. The van der Waals surface area contributed by atoms with Gasteiger partial charge < -0.3 is 20.1 Å². The summed E-state index contributed by atoms with van der Waals surface area (Å²) in [4.78, 5) is 35.4. The Kier molecular flexibility index (Phi) is 9.03. The van der Waals surface area contributed by atoms with Crippen LogP contribution in [0.15, 0.2) is 60.2 Å². The summed E-state index contributed by atoms with van der Waals surface area (Å²) in [6, 6.07) is 15.6. The molecule has 0 saturated heterocycles. The zero-order valence-corrected chi connectivity index (χ0v) is 21.5. The molecule has 0 saturated carbocycles. The van der Waals surface area contributed by atoms with Gasteiger partial charge in [0, 0.05) is 23.5 Å². The fourth-order valence-electron chi connectivity index (χ4n) is 3.38. The van der Waals surface area contributed by atoms with Gasteiger partial charge in [0.25, 0.3) is 17.5 Å². The molecule has 0 bridgehead atoms. The van der Waals surface area contributed by atoms with Gasteiger partial charge in [-0.15, -0.1) is 0 Å². The molecule has 0 aliphatic rings. The molecule has 194 valence electrons. The van der Waals surface area contributed by atoms with Crippen molar-refractivity contribution in [1.82, 2.24) is 0 Å². The number of methoxy groups -OCH3 is 1. The Balaban J connectivity index is 1.75. The molecule has 11 heteroatoms. The zero-order chi connectivity index (χ0) is 27.8. The number of carbonyl (C=O) groups is 2. The van der Waals surface area contributed by atoms with Gasteiger partial charge in [-0.05, 0) is 60.9 Å². The second kappa shape index (κ2) is 12.4. The zero-order valence-electron chi connectivity index (χ0n) is 20.7. The first-order valence-electron chi connectivity index (χ1n) is 11.2. The van der Waals surface area contributed by atoms with Crippen molar-refractivity contribution in [3.63, 3.8) is 0 Å². The largest absolute Gasteiger partial charge is 0.493 e. The Morgan fingerprint density at radius 3 is 2.55 bits per heavy atom. The summed E-state index contributed by atoms with van der Waals surface area (Å²) >= 11 is 6.37. The topological polar surface area (TPSA) is 144 Å². The number of rotatable bonds is 9. The lowest BCUT2D eigenvalue weighted by molar-refractivity contribution is -0.384. The van der Waals surface area contributed by atoms with Crippen molar-refractivity contribution in [2.45, 2.75) is 13.8 Å². The van der Waals surface area contributed by atoms with Gasteiger partial charge in [0.15, 0.2) is 18.1 Å². The third-order valence-corrected chi connectivity index (χ3v) is 5.75. The number of halogens is 1. The summed E-state index contributed by atoms with van der Waals surface area (Å²) in [5, 5.41) is 25.8. The minimum Gasteiger partial charge on any atom is -0.493 e. The highest BCUT2D eigenvalue weighted by Crippen LogP contribution is 2.37. The molecule has 38 heavy (non-hydrogen) atoms. The van der Waals surface area contributed by atoms with Crippen molar-refractivity contribution >= 4 is 46.6 Å². The molecule has 0 unspecified atom stereocenters. The van der Waals surface area contributed by atoms with Crippen LogP contribution in [0.25, 0.3) is 6.08 Å². The first-order valence-corrected chi connectivity index (χ1v) is 11.5. The van der Waals surface area contributed by atoms with Crippen molar-refractivity contribution in [1.29, 1.82) is 5.26 Å². The first-order chi connectivity index (χ1) is 18.1. The Hall–Kier alpha value is -4.88. The van der Waals surface area contributed by atoms with Gasteiger partial charge in [-0.25, -0.2) is 0 Å². The quantitative estimate of drug-likeness (QED) is 0.161. The number of nitriles is 1. The maximum atomic E-state index is 12.6. The number of nitrogens with one attached hydrogen (secondary N) is 2. The summed E-state index contributed by atoms with van der Waals surface area (Å²) in [5.74, 6) is -0.876. The number of aryl methyl sites for hydroxylation is 1. The van der Waals surface area contributed by atoms with Gasteiger partial charge in [-0.2, -0.15) is 5.26 Å². The van der Waals surface area contributed by atoms with E-state index in [4.69, 9.17) is 21.1 Å². The van der Waals surface area contributed by atoms with Gasteiger partial charge in [-0.3, -0.25) is 19.7 Å². The Labute approximate surface area is 223 Å². The third kappa shape index (κ3) is 6.87. The molecule has 0 radical (unpaired) electrons. The van der Waals surface area contributed by atoms with E-state index in [0.717, 1.165) is 11.1 Å². The first kappa shape index (κ1) is 27.7. The van der Waals surface area contributed by atoms with Gasteiger partial charge in [0.05, 0.1) is 17.1 Å². The summed E-state index contributed by atoms with van der Waals surface area (Å²) in [6.07, 6.45) is 1.28. The van der Waals surface area contributed by atoms with E-state index in [2.05, 4.69) is 10.6 Å². The normalized spacial score (nSPS) is 10.8. The van der Waals surface area contributed by atoms with Crippen LogP contribution in [0.2, 0.25) is 5.02 Å². The van der Waals surface area contributed by atoms with Crippen LogP contribution >= 0.6 is 11.6 Å². The van der Waals surface area contributed by atoms with Crippen LogP contribution in [0.5, 0.6) is 11.5 Å². The molecule has 2 N–H and O–H groups in total. The molecule has 2 amide bonds. The Bertz CT molecular complexity index is 1480. The summed E-state index contributed by atoms with van der Waals surface area (Å²) in [6.45, 7) is 3.50. The van der Waals surface area contributed by atoms with Gasteiger partial charge in [0.2, 0.25) is 0 Å². The lowest BCUT2D eigenvalue weighted by atomic mass is 10.1. The van der Waals surface area contributed by atoms with Crippen LogP contribution in [-0.2, 0) is 9.59 Å². The molecular formula is C27H23ClN4O6. The van der Waals surface area contributed by atoms with E-state index < -0.39 is 16.7 Å². The van der Waals surface area contributed by atoms with Crippen molar-refractivity contribution in [3.8, 4) is 17.6 Å². The number of anilines is 2. The van der Waals surface area contributed by atoms with E-state index in [1.165, 1.54) is 49.6 Å². The second-order valence-electron chi connectivity index (χ2n) is 8.05. The molecule has 0 atom stereocenters. The molecule has 0 spiro atoms. The second-order valence-corrected chi connectivity index (χ2v) is 8.46. The fourth-order valence-corrected chi connectivity index (χ4v) is 3.66. The molecular weight excluding hydrogens is 512 g/mol. The van der Waals surface area contributed by atoms with Crippen molar-refractivity contribution < 1.29 is 24.0 Å². The number of carbonyl (C=O) groups excluding carboxylic acids is 2. The predicted octanol–water partition coefficient (Wildman–Crippen LogP) is 5.44. The van der Waals surface area contributed by atoms with Crippen LogP contribution in [0.3, 0.4) is 0 Å². The highest BCUT2D eigenvalue weighted by molar-refractivity contribution is 6.32. The van der Waals surface area contributed by atoms with E-state index in [-0.39, 0.29) is 40.1 Å². The maximum Gasteiger partial charge on any atom is 0.271 e. The van der Waals surface area contributed by atoms with E-state index in [1.54, 1.807) is 12.1 Å². The number of hydrogen-bond donors (Lipinski definition) is 2. The smallest absolute Gasteiger partial charge is 0.271 e. The van der Waals surface area contributed by atoms with Crippen molar-refractivity contribution in [3.05, 3.63) is 92.0 Å². The minimum atomic E-state index is -0.772. The highest BCUT2D eigenvalue weighted by Gasteiger charge is 2.17. The lowest BCUT2D eigenvalue weighted by Gasteiger charge is -2.14. The van der Waals surface area contributed by atoms with E-state index in [0.29, 0.717) is 11.3 Å². The van der Waals surface area contributed by atoms with Gasteiger partial charge in [-0.1, -0.05) is 29.8 Å². The van der Waals surface area contributed by atoms with Gasteiger partial charge in [0.1, 0.15) is 11.6 Å². The summed E-state index contributed by atoms with van der Waals surface area (Å²) in [5.41, 5.74) is 2.66. The van der Waals surface area contributed by atoms with Crippen LogP contribution in [0.4, 0.5) is 17.1 Å². The number of nitrogens with zero attached hydrogens (tertiary/aromatic N) is 2. The molecule has 0 heterocycles. The molecule has 3 aromatic rings. The number of nitro benzene ring substituents is 1. The van der Waals surface area contributed by atoms with Crippen LogP contribution < -0.4 is 20.1 Å². The number of non-ortho nitro benzene ring substituents is 1. The van der Waals surface area contributed by atoms with E-state index >= 15 is 0 Å². The lowest BCUT2D eigenvalue weighted by Crippen LogP contribution is -2.21. The van der Waals surface area contributed by atoms with Crippen LogP contribution in [-0.4, -0.2) is 30.5 Å². The predicted molar refractivity (Wildman–Crippen MR) is 143 cm³/mol. The van der Waals surface area contributed by atoms with E-state index in [1.807, 2.05) is 26.0 Å². The number of benzene rings is 3. The molecule has 3 rings (SSSR count). The van der Waals surface area contributed by atoms with Crippen molar-refractivity contribution in [2.75, 3.05) is 24.4 Å². The highest BCUT2D eigenvalue weighted by atomic mass is 35.5. The van der Waals surface area contributed by atoms with Gasteiger partial charge >= 0.3 is 0 Å². The van der Waals surface area contributed by atoms with E-state index in [9.17, 15) is 25.0 Å². The number of ether oxygens (including phenoxy) is 2. The maximum absolute atomic E-state index is 12.6. The standard InChI is InChI=1S/C27H23ClN4O6/c1-16-6-4-9-23(17(16)2)31-25(33)15-38-26-22(28)11-18(12-24(26)37-3)10-19(14-29)27(34)30-20-7-5-8-21(13-20)32(35)36/h4-13H,15H2,1-3H3,(H,30,34)(H,31,33)/b19-10-. The Morgan fingerprint density at radius 2 is 1.87 bits per heavy atom.